The van der Waals surface area contributed by atoms with E-state index in [0.29, 0.717) is 12.4 Å². The van der Waals surface area contributed by atoms with Crippen molar-refractivity contribution in [2.45, 2.75) is 31.7 Å². The zero-order valence-corrected chi connectivity index (χ0v) is 14.3. The van der Waals surface area contributed by atoms with Gasteiger partial charge in [0, 0.05) is 23.6 Å². The number of nitrogens with one attached hydrogen (secondary N) is 1. The topological polar surface area (TPSA) is 73.0 Å². The Morgan fingerprint density at radius 3 is 2.96 bits per heavy atom. The average molecular weight is 346 g/mol. The van der Waals surface area contributed by atoms with Crippen LogP contribution in [0.2, 0.25) is 0 Å². The van der Waals surface area contributed by atoms with Crippen molar-refractivity contribution in [1.29, 1.82) is 0 Å². The van der Waals surface area contributed by atoms with Gasteiger partial charge in [0.2, 0.25) is 5.95 Å². The molecule has 0 bridgehead atoms. The van der Waals surface area contributed by atoms with Gasteiger partial charge in [0.15, 0.2) is 5.78 Å². The lowest BCUT2D eigenvalue weighted by Crippen LogP contribution is -2.33. The number of carbonyl (C=O) groups excluding carboxylic acids is 1. The minimum Gasteiger partial charge on any atom is -0.469 e. The third-order valence-corrected chi connectivity index (χ3v) is 5.17. The Balaban J connectivity index is 1.63. The van der Waals surface area contributed by atoms with Gasteiger partial charge in [0.1, 0.15) is 18.1 Å². The van der Waals surface area contributed by atoms with Crippen LogP contribution in [0.5, 0.6) is 0 Å². The van der Waals surface area contributed by atoms with Crippen LogP contribution in [0.1, 0.15) is 41.7 Å². The molecule has 1 N–H and O–H groups in total. The maximum atomic E-state index is 13.1. The maximum Gasteiger partial charge on any atom is 0.226 e. The number of nitrogens with zero attached hydrogens (tertiary/aromatic N) is 3. The first-order valence-corrected chi connectivity index (χ1v) is 8.73. The number of allylic oxidation sites excluding steroid dienone is 2. The molecule has 0 fully saturated rings. The number of hydrogen-bond acceptors (Lipinski definition) is 5. The smallest absolute Gasteiger partial charge is 0.226 e. The summed E-state index contributed by atoms with van der Waals surface area (Å²) >= 11 is 0. The highest BCUT2D eigenvalue weighted by Gasteiger charge is 2.39. The molecular weight excluding hydrogens is 328 g/mol. The summed E-state index contributed by atoms with van der Waals surface area (Å²) < 4.78 is 7.35. The number of ketones is 1. The number of anilines is 1. The van der Waals surface area contributed by atoms with Crippen molar-refractivity contribution >= 4 is 11.7 Å². The summed E-state index contributed by atoms with van der Waals surface area (Å²) in [6.07, 6.45) is 4.35. The number of fused-ring (bicyclic) bond motifs is 1. The van der Waals surface area contributed by atoms with Crippen LogP contribution in [0, 0.1) is 6.92 Å². The highest BCUT2D eigenvalue weighted by Crippen LogP contribution is 2.43. The van der Waals surface area contributed by atoms with Crippen LogP contribution >= 0.6 is 0 Å². The number of Topliss-reactive ketones (excluding diaryl/α,β-unsaturated/α-hetero) is 1. The summed E-state index contributed by atoms with van der Waals surface area (Å²) in [5.74, 6) is 1.71. The predicted octanol–water partition coefficient (Wildman–Crippen LogP) is 3.60. The third kappa shape index (κ3) is 2.29. The molecule has 0 saturated heterocycles. The van der Waals surface area contributed by atoms with E-state index in [1.807, 2.05) is 24.3 Å². The Kier molecular flexibility index (Phi) is 3.31. The maximum absolute atomic E-state index is 13.1. The Bertz CT molecular complexity index is 1020. The highest BCUT2D eigenvalue weighted by molar-refractivity contribution is 6.00. The average Bonchev–Trinajstić information content (AvgIpc) is 3.31. The monoisotopic (exact) mass is 346 g/mol. The zero-order valence-electron chi connectivity index (χ0n) is 14.3. The molecule has 0 radical (unpaired) electrons. The van der Waals surface area contributed by atoms with Gasteiger partial charge in [-0.15, -0.1) is 0 Å². The molecule has 6 heteroatoms. The van der Waals surface area contributed by atoms with Gasteiger partial charge in [0.25, 0.3) is 0 Å². The first-order valence-electron chi connectivity index (χ1n) is 8.73. The molecule has 6 nitrogen and oxygen atoms in total. The second-order valence-electron chi connectivity index (χ2n) is 6.91. The van der Waals surface area contributed by atoms with Crippen LogP contribution in [0.3, 0.4) is 0 Å². The Labute approximate surface area is 150 Å². The van der Waals surface area contributed by atoms with Crippen molar-refractivity contribution in [3.05, 3.63) is 77.1 Å². The molecule has 0 spiro atoms. The predicted molar refractivity (Wildman–Crippen MR) is 95.7 cm³/mol. The number of carbonyl (C=O) groups is 1. The van der Waals surface area contributed by atoms with Gasteiger partial charge in [-0.2, -0.15) is 10.1 Å². The van der Waals surface area contributed by atoms with Gasteiger partial charge in [-0.1, -0.05) is 29.8 Å². The summed E-state index contributed by atoms with van der Waals surface area (Å²) in [6, 6.07) is 11.8. The molecule has 3 aromatic rings. The molecule has 2 aliphatic rings. The Hall–Kier alpha value is -3.15. The van der Waals surface area contributed by atoms with Gasteiger partial charge in [-0.3, -0.25) is 4.79 Å². The molecule has 1 aliphatic heterocycles. The lowest BCUT2D eigenvalue weighted by molar-refractivity contribution is -0.117. The fraction of sp³-hybridized carbons (Fsp3) is 0.250. The third-order valence-electron chi connectivity index (χ3n) is 5.17. The fourth-order valence-electron chi connectivity index (χ4n) is 4.03. The second kappa shape index (κ2) is 5.69. The van der Waals surface area contributed by atoms with Crippen LogP contribution in [0.25, 0.3) is 0 Å². The summed E-state index contributed by atoms with van der Waals surface area (Å²) in [5, 5.41) is 7.70. The van der Waals surface area contributed by atoms with Crippen molar-refractivity contribution in [3.8, 4) is 0 Å². The number of benzene rings is 1. The summed E-state index contributed by atoms with van der Waals surface area (Å²) in [5.41, 5.74) is 3.92. The lowest BCUT2D eigenvalue weighted by Gasteiger charge is -2.34. The molecule has 2 aromatic heterocycles. The van der Waals surface area contributed by atoms with Crippen LogP contribution in [0.4, 0.5) is 5.95 Å². The number of hydrogen-bond donors (Lipinski definition) is 1. The Morgan fingerprint density at radius 1 is 1.23 bits per heavy atom. The van der Waals surface area contributed by atoms with E-state index in [9.17, 15) is 4.79 Å². The van der Waals surface area contributed by atoms with Crippen molar-refractivity contribution in [2.75, 3.05) is 5.32 Å². The van der Waals surface area contributed by atoms with Crippen LogP contribution in [0.15, 0.2) is 64.7 Å². The first kappa shape index (κ1) is 15.1. The van der Waals surface area contributed by atoms with Crippen LogP contribution in [-0.2, 0) is 4.79 Å². The second-order valence-corrected chi connectivity index (χ2v) is 6.91. The molecule has 0 unspecified atom stereocenters. The molecule has 26 heavy (non-hydrogen) atoms. The normalized spacial score (nSPS) is 22.0. The molecular formula is C20H18N4O2. The van der Waals surface area contributed by atoms with E-state index in [1.54, 1.807) is 10.9 Å². The molecule has 130 valence electrons. The van der Waals surface area contributed by atoms with Crippen LogP contribution < -0.4 is 5.32 Å². The van der Waals surface area contributed by atoms with E-state index in [0.717, 1.165) is 34.6 Å². The largest absolute Gasteiger partial charge is 0.469 e. The van der Waals surface area contributed by atoms with E-state index in [1.165, 1.54) is 6.33 Å². The SMILES string of the molecule is Cc1cccc([C@H]2C3=C(C[C@@H](c4ccco4)CC3=O)Nc3ncnn32)c1. The fourth-order valence-corrected chi connectivity index (χ4v) is 4.03. The standard InChI is InChI=1S/C20H18N4O2/c1-12-4-2-5-13(8-12)19-18-15(23-20-21-11-22-24(19)20)9-14(10-16(18)25)17-6-3-7-26-17/h2-8,11,14,19H,9-10H2,1H3,(H,21,22,23)/t14-,19+/m1/s1. The molecule has 2 atom stereocenters. The number of aromatic nitrogens is 3. The zero-order chi connectivity index (χ0) is 17.7. The molecule has 5 rings (SSSR count). The van der Waals surface area contributed by atoms with Gasteiger partial charge >= 0.3 is 0 Å². The first-order chi connectivity index (χ1) is 12.7. The van der Waals surface area contributed by atoms with Crippen LogP contribution in [-0.4, -0.2) is 20.5 Å². The summed E-state index contributed by atoms with van der Waals surface area (Å²) in [6.45, 7) is 2.05. The molecule has 1 aliphatic carbocycles. The van der Waals surface area contributed by atoms with Crippen molar-refractivity contribution in [1.82, 2.24) is 14.8 Å². The highest BCUT2D eigenvalue weighted by atomic mass is 16.3. The molecule has 3 heterocycles. The van der Waals surface area contributed by atoms with E-state index in [-0.39, 0.29) is 17.7 Å². The minimum atomic E-state index is -0.242. The lowest BCUT2D eigenvalue weighted by atomic mass is 9.79. The van der Waals surface area contributed by atoms with Gasteiger partial charge in [0.05, 0.1) is 6.26 Å². The summed E-state index contributed by atoms with van der Waals surface area (Å²) in [7, 11) is 0. The minimum absolute atomic E-state index is 0.0522. The van der Waals surface area contributed by atoms with Gasteiger partial charge < -0.3 is 9.73 Å². The summed E-state index contributed by atoms with van der Waals surface area (Å²) in [4.78, 5) is 17.5. The molecule has 1 aromatic carbocycles. The quantitative estimate of drug-likeness (QED) is 0.767. The number of furan rings is 1. The van der Waals surface area contributed by atoms with E-state index in [2.05, 4.69) is 34.5 Å². The van der Waals surface area contributed by atoms with Gasteiger partial charge in [-0.25, -0.2) is 4.68 Å². The number of aryl methyl sites for hydroxylation is 1. The Morgan fingerprint density at radius 2 is 2.15 bits per heavy atom. The molecule has 0 amide bonds. The van der Waals surface area contributed by atoms with E-state index >= 15 is 0 Å². The van der Waals surface area contributed by atoms with E-state index < -0.39 is 0 Å². The van der Waals surface area contributed by atoms with E-state index in [4.69, 9.17) is 4.42 Å². The van der Waals surface area contributed by atoms with Crippen molar-refractivity contribution < 1.29 is 9.21 Å². The number of rotatable bonds is 2. The van der Waals surface area contributed by atoms with Crippen molar-refractivity contribution in [2.24, 2.45) is 0 Å². The molecule has 0 saturated carbocycles. The van der Waals surface area contributed by atoms with Crippen molar-refractivity contribution in [3.63, 3.8) is 0 Å². The van der Waals surface area contributed by atoms with Gasteiger partial charge in [-0.05, 0) is 31.0 Å².